The van der Waals surface area contributed by atoms with Crippen LogP contribution in [0.1, 0.15) is 25.7 Å². The van der Waals surface area contributed by atoms with Gasteiger partial charge in [-0.3, -0.25) is 9.59 Å². The van der Waals surface area contributed by atoms with Crippen LogP contribution in [0, 0.1) is 5.92 Å². The number of carbonyl (C=O) groups is 2. The molecule has 0 spiro atoms. The molecule has 2 rings (SSSR count). The lowest BCUT2D eigenvalue weighted by Gasteiger charge is -2.09. The van der Waals surface area contributed by atoms with Crippen molar-refractivity contribution in [3.63, 3.8) is 0 Å². The smallest absolute Gasteiger partial charge is 0.309 e. The van der Waals surface area contributed by atoms with Gasteiger partial charge in [0.1, 0.15) is 0 Å². The summed E-state index contributed by atoms with van der Waals surface area (Å²) in [7, 11) is 0. The third-order valence-electron chi connectivity index (χ3n) is 3.16. The maximum atomic E-state index is 11.6. The van der Waals surface area contributed by atoms with Crippen molar-refractivity contribution in [2.75, 3.05) is 11.9 Å². The van der Waals surface area contributed by atoms with Gasteiger partial charge in [0.2, 0.25) is 0 Å². The second-order valence-corrected chi connectivity index (χ2v) is 5.56. The minimum atomic E-state index is -0.311. The Labute approximate surface area is 120 Å². The highest BCUT2D eigenvalue weighted by Crippen LogP contribution is 2.25. The predicted molar refractivity (Wildman–Crippen MR) is 75.7 cm³/mol. The molecule has 1 aromatic carbocycles. The second-order valence-electron chi connectivity index (χ2n) is 4.64. The molecule has 0 radical (unpaired) electrons. The maximum Gasteiger partial charge on any atom is 0.309 e. The summed E-state index contributed by atoms with van der Waals surface area (Å²) in [6.45, 7) is -0.217. The Hall–Kier alpha value is -1.36. The second kappa shape index (κ2) is 6.70. The molecule has 0 saturated heterocycles. The van der Waals surface area contributed by atoms with Crippen molar-refractivity contribution >= 4 is 33.5 Å². The van der Waals surface area contributed by atoms with Gasteiger partial charge < -0.3 is 10.1 Å². The molecule has 0 aliphatic heterocycles. The van der Waals surface area contributed by atoms with Gasteiger partial charge in [0, 0.05) is 10.2 Å². The summed E-state index contributed by atoms with van der Waals surface area (Å²) in [5, 5.41) is 2.68. The molecule has 1 aliphatic carbocycles. The van der Waals surface area contributed by atoms with Crippen LogP contribution in [-0.2, 0) is 14.3 Å². The molecule has 0 atom stereocenters. The molecular weight excluding hydrogens is 310 g/mol. The van der Waals surface area contributed by atoms with E-state index in [2.05, 4.69) is 21.2 Å². The van der Waals surface area contributed by atoms with Gasteiger partial charge in [0.25, 0.3) is 5.91 Å². The highest BCUT2D eigenvalue weighted by atomic mass is 79.9. The van der Waals surface area contributed by atoms with Crippen LogP contribution in [0.4, 0.5) is 5.69 Å². The normalized spacial score (nSPS) is 15.2. The van der Waals surface area contributed by atoms with Crippen molar-refractivity contribution < 1.29 is 14.3 Å². The fourth-order valence-corrected chi connectivity index (χ4v) is 2.41. The topological polar surface area (TPSA) is 55.4 Å². The van der Waals surface area contributed by atoms with Gasteiger partial charge >= 0.3 is 5.97 Å². The third kappa shape index (κ3) is 4.35. The molecule has 1 N–H and O–H groups in total. The number of hydrogen-bond donors (Lipinski definition) is 1. The summed E-state index contributed by atoms with van der Waals surface area (Å²) in [6, 6.07) is 7.22. The Balaban J connectivity index is 1.75. The summed E-state index contributed by atoms with van der Waals surface area (Å²) >= 11 is 3.32. The number of nitrogens with one attached hydrogen (secondary N) is 1. The first-order chi connectivity index (χ1) is 9.15. The molecular formula is C14H16BrNO3. The molecule has 0 bridgehead atoms. The quantitative estimate of drug-likeness (QED) is 0.865. The van der Waals surface area contributed by atoms with E-state index < -0.39 is 0 Å². The van der Waals surface area contributed by atoms with E-state index >= 15 is 0 Å². The number of esters is 1. The molecule has 1 aromatic rings. The Bertz CT molecular complexity index is 452. The van der Waals surface area contributed by atoms with Gasteiger partial charge in [-0.25, -0.2) is 0 Å². The summed E-state index contributed by atoms with van der Waals surface area (Å²) in [6.07, 6.45) is 3.91. The largest absolute Gasteiger partial charge is 0.455 e. The maximum absolute atomic E-state index is 11.6. The molecule has 0 aromatic heterocycles. The number of anilines is 1. The predicted octanol–water partition coefficient (Wildman–Crippen LogP) is 3.12. The molecule has 102 valence electrons. The van der Waals surface area contributed by atoms with E-state index in [0.717, 1.165) is 30.2 Å². The lowest BCUT2D eigenvalue weighted by atomic mass is 10.1. The van der Waals surface area contributed by atoms with Crippen LogP contribution in [0.5, 0.6) is 0 Å². The molecule has 4 nitrogen and oxygen atoms in total. The Morgan fingerprint density at radius 3 is 2.47 bits per heavy atom. The van der Waals surface area contributed by atoms with Crippen LogP contribution in [0.3, 0.4) is 0 Å². The van der Waals surface area contributed by atoms with E-state index in [1.807, 2.05) is 12.1 Å². The minimum Gasteiger partial charge on any atom is -0.455 e. The van der Waals surface area contributed by atoms with E-state index in [0.29, 0.717) is 5.69 Å². The average molecular weight is 326 g/mol. The van der Waals surface area contributed by atoms with Crippen molar-refractivity contribution in [1.82, 2.24) is 0 Å². The minimum absolute atomic E-state index is 0.0134. The van der Waals surface area contributed by atoms with Crippen LogP contribution in [0.15, 0.2) is 28.7 Å². The third-order valence-corrected chi connectivity index (χ3v) is 3.69. The zero-order valence-corrected chi connectivity index (χ0v) is 12.1. The summed E-state index contributed by atoms with van der Waals surface area (Å²) in [5.74, 6) is -0.572. The molecule has 1 aliphatic rings. The van der Waals surface area contributed by atoms with Crippen molar-refractivity contribution in [2.45, 2.75) is 25.7 Å². The Morgan fingerprint density at radius 1 is 1.21 bits per heavy atom. The van der Waals surface area contributed by atoms with Crippen LogP contribution in [-0.4, -0.2) is 18.5 Å². The standard InChI is InChI=1S/C14H16BrNO3/c15-11-5-7-12(8-6-11)16-13(17)9-19-14(18)10-3-1-2-4-10/h5-8,10H,1-4,9H2,(H,16,17). The van der Waals surface area contributed by atoms with E-state index in [4.69, 9.17) is 4.74 Å². The highest BCUT2D eigenvalue weighted by molar-refractivity contribution is 9.10. The lowest BCUT2D eigenvalue weighted by Crippen LogP contribution is -2.23. The molecule has 1 amide bonds. The van der Waals surface area contributed by atoms with E-state index in [9.17, 15) is 9.59 Å². The first-order valence-electron chi connectivity index (χ1n) is 6.37. The van der Waals surface area contributed by atoms with Crippen molar-refractivity contribution in [2.24, 2.45) is 5.92 Å². The lowest BCUT2D eigenvalue weighted by molar-refractivity contribution is -0.151. The Morgan fingerprint density at radius 2 is 1.84 bits per heavy atom. The van der Waals surface area contributed by atoms with Gasteiger partial charge in [-0.05, 0) is 37.1 Å². The molecule has 19 heavy (non-hydrogen) atoms. The van der Waals surface area contributed by atoms with Crippen LogP contribution >= 0.6 is 15.9 Å². The van der Waals surface area contributed by atoms with Crippen molar-refractivity contribution in [1.29, 1.82) is 0 Å². The van der Waals surface area contributed by atoms with E-state index in [1.165, 1.54) is 0 Å². The zero-order chi connectivity index (χ0) is 13.7. The van der Waals surface area contributed by atoms with Gasteiger partial charge in [0.15, 0.2) is 6.61 Å². The number of hydrogen-bond acceptors (Lipinski definition) is 3. The van der Waals surface area contributed by atoms with Crippen molar-refractivity contribution in [3.8, 4) is 0 Å². The van der Waals surface area contributed by atoms with Gasteiger partial charge in [-0.2, -0.15) is 0 Å². The molecule has 0 heterocycles. The van der Waals surface area contributed by atoms with Crippen LogP contribution in [0.25, 0.3) is 0 Å². The fourth-order valence-electron chi connectivity index (χ4n) is 2.15. The number of carbonyl (C=O) groups excluding carboxylic acids is 2. The SMILES string of the molecule is O=C(COC(=O)C1CCCC1)Nc1ccc(Br)cc1. The number of amides is 1. The molecule has 0 unspecified atom stereocenters. The molecule has 5 heteroatoms. The number of ether oxygens (including phenoxy) is 1. The van der Waals surface area contributed by atoms with Crippen LogP contribution < -0.4 is 5.32 Å². The molecule has 1 saturated carbocycles. The number of rotatable bonds is 4. The zero-order valence-electron chi connectivity index (χ0n) is 10.5. The highest BCUT2D eigenvalue weighted by Gasteiger charge is 2.24. The summed E-state index contributed by atoms with van der Waals surface area (Å²) in [5.41, 5.74) is 0.685. The number of halogens is 1. The number of benzene rings is 1. The first-order valence-corrected chi connectivity index (χ1v) is 7.16. The first kappa shape index (κ1) is 14.1. The van der Waals surface area contributed by atoms with E-state index in [-0.39, 0.29) is 24.4 Å². The fraction of sp³-hybridized carbons (Fsp3) is 0.429. The molecule has 1 fully saturated rings. The monoisotopic (exact) mass is 325 g/mol. The summed E-state index contributed by atoms with van der Waals surface area (Å²) in [4.78, 5) is 23.3. The van der Waals surface area contributed by atoms with Gasteiger partial charge in [-0.1, -0.05) is 28.8 Å². The van der Waals surface area contributed by atoms with Gasteiger partial charge in [0.05, 0.1) is 5.92 Å². The van der Waals surface area contributed by atoms with Gasteiger partial charge in [-0.15, -0.1) is 0 Å². The summed E-state index contributed by atoms with van der Waals surface area (Å²) < 4.78 is 5.97. The average Bonchev–Trinajstić information content (AvgIpc) is 2.93. The van der Waals surface area contributed by atoms with Crippen molar-refractivity contribution in [3.05, 3.63) is 28.7 Å². The van der Waals surface area contributed by atoms with Crippen LogP contribution in [0.2, 0.25) is 0 Å². The van der Waals surface area contributed by atoms with E-state index in [1.54, 1.807) is 12.1 Å². The Kier molecular flexibility index (Phi) is 4.96.